The van der Waals surface area contributed by atoms with Crippen LogP contribution in [0.5, 0.6) is 0 Å². The molecule has 0 aromatic heterocycles. The van der Waals surface area contributed by atoms with Gasteiger partial charge in [-0.1, -0.05) is 13.8 Å². The molecule has 0 bridgehead atoms. The Morgan fingerprint density at radius 2 is 1.40 bits per heavy atom. The van der Waals surface area contributed by atoms with Crippen LogP contribution in [-0.4, -0.2) is 39.2 Å². The molecule has 30 heavy (non-hydrogen) atoms. The van der Waals surface area contributed by atoms with Gasteiger partial charge in [-0.2, -0.15) is 4.31 Å². The molecule has 1 aliphatic rings. The monoisotopic (exact) mass is 453 g/mol. The van der Waals surface area contributed by atoms with Gasteiger partial charge in [0.1, 0.15) is 0 Å². The summed E-state index contributed by atoms with van der Waals surface area (Å²) in [5.74, 6) is 0.549. The van der Waals surface area contributed by atoms with Crippen LogP contribution in [0.2, 0.25) is 0 Å². The molecule has 1 fully saturated rings. The van der Waals surface area contributed by atoms with E-state index in [0.717, 1.165) is 30.7 Å². The second kappa shape index (κ2) is 8.32. The number of hydrogen-bond donors (Lipinski definition) is 1. The summed E-state index contributed by atoms with van der Waals surface area (Å²) in [6.07, 6.45) is 0.982. The summed E-state index contributed by atoms with van der Waals surface area (Å²) in [7, 11) is -7.63. The molecule has 0 spiro atoms. The van der Waals surface area contributed by atoms with Gasteiger partial charge in [0.05, 0.1) is 14.7 Å². The first-order valence-corrected chi connectivity index (χ1v) is 12.3. The molecule has 2 aromatic carbocycles. The average Bonchev–Trinajstić information content (AvgIpc) is 2.67. The van der Waals surface area contributed by atoms with Crippen LogP contribution in [0, 0.1) is 22.0 Å². The van der Waals surface area contributed by atoms with Crippen molar-refractivity contribution in [3.05, 3.63) is 58.6 Å². The molecule has 0 aliphatic carbocycles. The zero-order valence-electron chi connectivity index (χ0n) is 16.6. The molecule has 11 heteroatoms. The molecule has 1 N–H and O–H groups in total. The first-order chi connectivity index (χ1) is 14.0. The van der Waals surface area contributed by atoms with E-state index in [4.69, 9.17) is 0 Å². The van der Waals surface area contributed by atoms with E-state index in [0.29, 0.717) is 13.1 Å². The topological polar surface area (TPSA) is 127 Å². The van der Waals surface area contributed by atoms with E-state index in [1.54, 1.807) is 0 Å². The minimum Gasteiger partial charge on any atom is -0.280 e. The largest absolute Gasteiger partial charge is 0.280 e. The maximum Gasteiger partial charge on any atom is 0.269 e. The fraction of sp³-hybridized carbons (Fsp3) is 0.368. The highest BCUT2D eigenvalue weighted by molar-refractivity contribution is 7.92. The van der Waals surface area contributed by atoms with Gasteiger partial charge in [-0.3, -0.25) is 14.8 Å². The first-order valence-electron chi connectivity index (χ1n) is 9.36. The fourth-order valence-electron chi connectivity index (χ4n) is 3.61. The van der Waals surface area contributed by atoms with Crippen LogP contribution in [0.25, 0.3) is 0 Å². The van der Waals surface area contributed by atoms with Crippen LogP contribution in [0.1, 0.15) is 20.3 Å². The molecule has 0 amide bonds. The first kappa shape index (κ1) is 22.2. The Labute approximate surface area is 176 Å². The van der Waals surface area contributed by atoms with Crippen molar-refractivity contribution in [3.8, 4) is 0 Å². The van der Waals surface area contributed by atoms with E-state index in [1.165, 1.54) is 28.6 Å². The van der Waals surface area contributed by atoms with E-state index in [1.807, 2.05) is 13.8 Å². The number of rotatable bonds is 6. The Bertz CT molecular complexity index is 1120. The van der Waals surface area contributed by atoms with Crippen LogP contribution >= 0.6 is 0 Å². The van der Waals surface area contributed by atoms with Crippen molar-refractivity contribution in [1.29, 1.82) is 0 Å². The van der Waals surface area contributed by atoms with Gasteiger partial charge in [0, 0.05) is 30.9 Å². The van der Waals surface area contributed by atoms with Gasteiger partial charge >= 0.3 is 0 Å². The second-order valence-electron chi connectivity index (χ2n) is 7.65. The molecule has 3 rings (SSSR count). The highest BCUT2D eigenvalue weighted by Crippen LogP contribution is 2.27. The molecule has 2 aromatic rings. The number of nitro benzene ring substituents is 1. The van der Waals surface area contributed by atoms with Gasteiger partial charge in [0.2, 0.25) is 10.0 Å². The number of non-ortho nitro benzene ring substituents is 1. The highest BCUT2D eigenvalue weighted by atomic mass is 32.2. The summed E-state index contributed by atoms with van der Waals surface area (Å²) in [6, 6.07) is 9.98. The van der Waals surface area contributed by atoms with Crippen molar-refractivity contribution in [2.24, 2.45) is 11.8 Å². The molecule has 0 saturated carbocycles. The summed E-state index contributed by atoms with van der Waals surface area (Å²) < 4.78 is 54.6. The molecule has 0 radical (unpaired) electrons. The minimum absolute atomic E-state index is 0.0992. The molecular weight excluding hydrogens is 430 g/mol. The van der Waals surface area contributed by atoms with Gasteiger partial charge in [0.25, 0.3) is 15.7 Å². The summed E-state index contributed by atoms with van der Waals surface area (Å²) in [5, 5.41) is 10.7. The van der Waals surface area contributed by atoms with Crippen LogP contribution in [0.3, 0.4) is 0 Å². The third-order valence-corrected chi connectivity index (χ3v) is 8.18. The lowest BCUT2D eigenvalue weighted by molar-refractivity contribution is -0.384. The van der Waals surface area contributed by atoms with E-state index in [-0.39, 0.29) is 33.0 Å². The zero-order valence-corrected chi connectivity index (χ0v) is 18.2. The molecule has 1 saturated heterocycles. The number of nitrogens with one attached hydrogen (secondary N) is 1. The molecule has 9 nitrogen and oxygen atoms in total. The molecule has 162 valence electrons. The predicted octanol–water partition coefficient (Wildman–Crippen LogP) is 3.06. The van der Waals surface area contributed by atoms with Gasteiger partial charge in [-0.25, -0.2) is 16.8 Å². The zero-order chi connectivity index (χ0) is 22.1. The number of hydrogen-bond acceptors (Lipinski definition) is 6. The summed E-state index contributed by atoms with van der Waals surface area (Å²) in [5.41, 5.74) is -0.0301. The van der Waals surface area contributed by atoms with E-state index < -0.39 is 25.0 Å². The number of sulfonamides is 2. The smallest absolute Gasteiger partial charge is 0.269 e. The third-order valence-electron chi connectivity index (χ3n) is 4.94. The molecule has 2 atom stereocenters. The molecular formula is C19H23N3O6S2. The molecule has 2 unspecified atom stereocenters. The van der Waals surface area contributed by atoms with E-state index in [9.17, 15) is 26.9 Å². The highest BCUT2D eigenvalue weighted by Gasteiger charge is 2.31. The lowest BCUT2D eigenvalue weighted by Crippen LogP contribution is -2.42. The Hall–Kier alpha value is -2.50. The lowest BCUT2D eigenvalue weighted by atomic mass is 9.94. The quantitative estimate of drug-likeness (QED) is 0.529. The van der Waals surface area contributed by atoms with Gasteiger partial charge in [-0.15, -0.1) is 0 Å². The van der Waals surface area contributed by atoms with Crippen LogP contribution in [0.4, 0.5) is 11.4 Å². The van der Waals surface area contributed by atoms with Gasteiger partial charge < -0.3 is 0 Å². The van der Waals surface area contributed by atoms with Crippen molar-refractivity contribution in [1.82, 2.24) is 4.31 Å². The average molecular weight is 454 g/mol. The van der Waals surface area contributed by atoms with E-state index in [2.05, 4.69) is 4.72 Å². The SMILES string of the molecule is CC1CC(C)CN(S(=O)(=O)c2ccc(NS(=O)(=O)c3ccc([N+](=O)[O-])cc3)cc2)C1. The number of benzene rings is 2. The standard InChI is InChI=1S/C19H23N3O6S2/c1-14-11-15(2)13-21(12-14)30(27,28)19-7-3-16(4-8-19)20-29(25,26)18-9-5-17(6-10-18)22(23)24/h3-10,14-15,20H,11-13H2,1-2H3. The Balaban J connectivity index is 1.77. The van der Waals surface area contributed by atoms with Crippen LogP contribution < -0.4 is 4.72 Å². The summed E-state index contributed by atoms with van der Waals surface area (Å²) >= 11 is 0. The maximum absolute atomic E-state index is 12.9. The second-order valence-corrected chi connectivity index (χ2v) is 11.3. The lowest BCUT2D eigenvalue weighted by Gasteiger charge is -2.34. The Morgan fingerprint density at radius 1 is 0.900 bits per heavy atom. The normalized spacial score (nSPS) is 20.6. The maximum atomic E-state index is 12.9. The van der Waals surface area contributed by atoms with Gasteiger partial charge in [0.15, 0.2) is 0 Å². The third kappa shape index (κ3) is 4.79. The molecule has 1 heterocycles. The van der Waals surface area contributed by atoms with Crippen molar-refractivity contribution < 1.29 is 21.8 Å². The number of nitro groups is 1. The van der Waals surface area contributed by atoms with Crippen molar-refractivity contribution in [3.63, 3.8) is 0 Å². The van der Waals surface area contributed by atoms with Crippen molar-refractivity contribution >= 4 is 31.4 Å². The molecule has 1 aliphatic heterocycles. The van der Waals surface area contributed by atoms with Crippen molar-refractivity contribution in [2.45, 2.75) is 30.1 Å². The van der Waals surface area contributed by atoms with Crippen LogP contribution in [-0.2, 0) is 20.0 Å². The summed E-state index contributed by atoms with van der Waals surface area (Å²) in [6.45, 7) is 4.96. The number of anilines is 1. The number of nitrogens with zero attached hydrogens (tertiary/aromatic N) is 2. The van der Waals surface area contributed by atoms with E-state index >= 15 is 0 Å². The fourth-order valence-corrected chi connectivity index (χ4v) is 6.35. The number of piperidine rings is 1. The predicted molar refractivity (Wildman–Crippen MR) is 112 cm³/mol. The Morgan fingerprint density at radius 3 is 1.90 bits per heavy atom. The minimum atomic E-state index is -3.97. The Kier molecular flexibility index (Phi) is 6.16. The van der Waals surface area contributed by atoms with Gasteiger partial charge in [-0.05, 0) is 54.7 Å². The summed E-state index contributed by atoms with van der Waals surface area (Å²) in [4.78, 5) is 10.0. The van der Waals surface area contributed by atoms with Crippen LogP contribution in [0.15, 0.2) is 58.3 Å². The van der Waals surface area contributed by atoms with Crippen molar-refractivity contribution in [2.75, 3.05) is 17.8 Å².